The number of amides is 1. The molecule has 0 radical (unpaired) electrons. The highest BCUT2D eigenvalue weighted by Crippen LogP contribution is 2.33. The first-order valence-corrected chi connectivity index (χ1v) is 7.15. The van der Waals surface area contributed by atoms with Crippen molar-refractivity contribution >= 4 is 43.8 Å². The van der Waals surface area contributed by atoms with E-state index in [-0.39, 0.29) is 11.3 Å². The predicted octanol–water partition coefficient (Wildman–Crippen LogP) is 2.59. The maximum absolute atomic E-state index is 11.8. The van der Waals surface area contributed by atoms with Crippen LogP contribution in [0.15, 0.2) is 26.7 Å². The Balaban J connectivity index is 2.95. The summed E-state index contributed by atoms with van der Waals surface area (Å²) in [5, 5.41) is 21.2. The van der Waals surface area contributed by atoms with Gasteiger partial charge in [-0.15, -0.1) is 0 Å². The summed E-state index contributed by atoms with van der Waals surface area (Å²) in [5.41, 5.74) is 0.589. The number of methoxy groups -OCH3 is 1. The topological polar surface area (TPSA) is 82.3 Å². The summed E-state index contributed by atoms with van der Waals surface area (Å²) in [5.74, 6) is -0.407. The molecule has 2 N–H and O–H groups in total. The molecule has 1 amide bonds. The van der Waals surface area contributed by atoms with Crippen LogP contribution in [0, 0.1) is 11.3 Å². The van der Waals surface area contributed by atoms with Crippen LogP contribution in [0.3, 0.4) is 0 Å². The van der Waals surface area contributed by atoms with E-state index < -0.39 is 5.91 Å². The molecule has 0 saturated carbocycles. The second kappa shape index (κ2) is 8.04. The van der Waals surface area contributed by atoms with Crippen LogP contribution in [0.25, 0.3) is 6.08 Å². The van der Waals surface area contributed by atoms with Crippen molar-refractivity contribution in [2.45, 2.75) is 0 Å². The minimum Gasteiger partial charge on any atom is -0.506 e. The number of nitrogens with one attached hydrogen (secondary N) is 1. The molecule has 1 aromatic carbocycles. The number of ether oxygens (including phenoxy) is 1. The van der Waals surface area contributed by atoms with Crippen molar-refractivity contribution in [3.8, 4) is 11.8 Å². The number of benzene rings is 1. The molecule has 0 aliphatic carbocycles. The van der Waals surface area contributed by atoms with E-state index in [4.69, 9.17) is 10.00 Å². The lowest BCUT2D eigenvalue weighted by Crippen LogP contribution is -2.27. The van der Waals surface area contributed by atoms with Gasteiger partial charge in [0, 0.05) is 13.7 Å². The number of hydrogen-bond acceptors (Lipinski definition) is 4. The molecule has 0 aliphatic rings. The van der Waals surface area contributed by atoms with Crippen LogP contribution >= 0.6 is 31.9 Å². The van der Waals surface area contributed by atoms with Crippen molar-refractivity contribution in [2.24, 2.45) is 0 Å². The van der Waals surface area contributed by atoms with Gasteiger partial charge in [0.15, 0.2) is 0 Å². The monoisotopic (exact) mass is 402 g/mol. The highest BCUT2D eigenvalue weighted by Gasteiger charge is 2.10. The van der Waals surface area contributed by atoms with Crippen LogP contribution in [0.1, 0.15) is 5.56 Å². The van der Waals surface area contributed by atoms with E-state index in [2.05, 4.69) is 37.2 Å². The third kappa shape index (κ3) is 4.63. The predicted molar refractivity (Wildman–Crippen MR) is 82.0 cm³/mol. The molecule has 0 spiro atoms. The lowest BCUT2D eigenvalue weighted by molar-refractivity contribution is -0.117. The minimum atomic E-state index is -0.468. The van der Waals surface area contributed by atoms with E-state index in [1.807, 2.05) is 6.07 Å². The Morgan fingerprint density at radius 1 is 1.50 bits per heavy atom. The Morgan fingerprint density at radius 3 is 2.60 bits per heavy atom. The summed E-state index contributed by atoms with van der Waals surface area (Å²) in [6.45, 7) is 0.706. The number of hydrogen-bond donors (Lipinski definition) is 2. The third-order valence-corrected chi connectivity index (χ3v) is 3.52. The van der Waals surface area contributed by atoms with Gasteiger partial charge in [-0.2, -0.15) is 5.26 Å². The normalized spacial score (nSPS) is 11.0. The molecule has 0 saturated heterocycles. The van der Waals surface area contributed by atoms with E-state index in [9.17, 15) is 9.90 Å². The number of nitrogens with zero attached hydrogens (tertiary/aromatic N) is 1. The fourth-order valence-corrected chi connectivity index (χ4v) is 2.57. The van der Waals surface area contributed by atoms with Crippen molar-refractivity contribution in [1.82, 2.24) is 5.32 Å². The SMILES string of the molecule is COCCNC(=O)/C(C#N)=C/c1cc(Br)c(O)c(Br)c1. The number of rotatable bonds is 5. The maximum atomic E-state index is 11.8. The second-order valence-electron chi connectivity index (χ2n) is 3.75. The van der Waals surface area contributed by atoms with E-state index in [0.29, 0.717) is 27.7 Å². The van der Waals surface area contributed by atoms with Gasteiger partial charge in [-0.05, 0) is 55.6 Å². The fraction of sp³-hybridized carbons (Fsp3) is 0.231. The van der Waals surface area contributed by atoms with Gasteiger partial charge in [0.2, 0.25) is 0 Å². The van der Waals surface area contributed by atoms with E-state index in [1.165, 1.54) is 13.2 Å². The minimum absolute atomic E-state index is 0.0226. The Labute approximate surface area is 133 Å². The van der Waals surface area contributed by atoms with Crippen LogP contribution < -0.4 is 5.32 Å². The summed E-state index contributed by atoms with van der Waals surface area (Å²) in [7, 11) is 1.53. The molecular formula is C13H12Br2N2O3. The molecule has 7 heteroatoms. The van der Waals surface area contributed by atoms with Crippen molar-refractivity contribution in [3.05, 3.63) is 32.2 Å². The molecule has 5 nitrogen and oxygen atoms in total. The molecule has 0 unspecified atom stereocenters. The molecule has 0 bridgehead atoms. The molecule has 0 aliphatic heterocycles. The zero-order valence-electron chi connectivity index (χ0n) is 10.6. The first-order valence-electron chi connectivity index (χ1n) is 5.56. The van der Waals surface area contributed by atoms with Crippen molar-refractivity contribution in [1.29, 1.82) is 5.26 Å². The van der Waals surface area contributed by atoms with E-state index in [1.54, 1.807) is 12.1 Å². The Kier molecular flexibility index (Phi) is 6.71. The number of phenolic OH excluding ortho intramolecular Hbond substituents is 1. The van der Waals surface area contributed by atoms with Crippen molar-refractivity contribution < 1.29 is 14.6 Å². The van der Waals surface area contributed by atoms with Gasteiger partial charge in [0.25, 0.3) is 5.91 Å². The van der Waals surface area contributed by atoms with Crippen molar-refractivity contribution in [3.63, 3.8) is 0 Å². The van der Waals surface area contributed by atoms with Gasteiger partial charge in [0.05, 0.1) is 15.6 Å². The third-order valence-electron chi connectivity index (χ3n) is 2.31. The van der Waals surface area contributed by atoms with Crippen LogP contribution in [0.2, 0.25) is 0 Å². The molecule has 0 aromatic heterocycles. The standard InChI is InChI=1S/C13H12Br2N2O3/c1-20-3-2-17-13(19)9(7-16)4-8-5-10(14)12(18)11(15)6-8/h4-6,18H,2-3H2,1H3,(H,17,19)/b9-4+. The molecule has 20 heavy (non-hydrogen) atoms. The van der Waals surface area contributed by atoms with Gasteiger partial charge >= 0.3 is 0 Å². The average molecular weight is 404 g/mol. The molecule has 1 rings (SSSR count). The van der Waals surface area contributed by atoms with Gasteiger partial charge in [-0.1, -0.05) is 0 Å². The maximum Gasteiger partial charge on any atom is 0.262 e. The molecule has 106 valence electrons. The highest BCUT2D eigenvalue weighted by atomic mass is 79.9. The van der Waals surface area contributed by atoms with E-state index >= 15 is 0 Å². The Bertz CT molecular complexity index is 556. The second-order valence-corrected chi connectivity index (χ2v) is 5.46. The van der Waals surface area contributed by atoms with Gasteiger partial charge in [-0.25, -0.2) is 0 Å². The summed E-state index contributed by atoms with van der Waals surface area (Å²) < 4.78 is 5.75. The molecule has 1 aromatic rings. The number of phenols is 1. The van der Waals surface area contributed by atoms with E-state index in [0.717, 1.165) is 0 Å². The molecular weight excluding hydrogens is 392 g/mol. The van der Waals surface area contributed by atoms with Gasteiger partial charge in [-0.3, -0.25) is 4.79 Å². The number of halogens is 2. The van der Waals surface area contributed by atoms with Crippen LogP contribution in [0.4, 0.5) is 0 Å². The van der Waals surface area contributed by atoms with Crippen LogP contribution in [0.5, 0.6) is 5.75 Å². The van der Waals surface area contributed by atoms with Crippen molar-refractivity contribution in [2.75, 3.05) is 20.3 Å². The van der Waals surface area contributed by atoms with Crippen LogP contribution in [-0.2, 0) is 9.53 Å². The highest BCUT2D eigenvalue weighted by molar-refractivity contribution is 9.11. The zero-order valence-corrected chi connectivity index (χ0v) is 13.8. The lowest BCUT2D eigenvalue weighted by Gasteiger charge is -2.05. The largest absolute Gasteiger partial charge is 0.506 e. The number of nitriles is 1. The lowest BCUT2D eigenvalue weighted by atomic mass is 10.1. The number of carbonyl (C=O) groups is 1. The van der Waals surface area contributed by atoms with Gasteiger partial charge in [0.1, 0.15) is 17.4 Å². The zero-order chi connectivity index (χ0) is 15.1. The summed E-state index contributed by atoms with van der Waals surface area (Å²) in [6.07, 6.45) is 1.44. The van der Waals surface area contributed by atoms with Gasteiger partial charge < -0.3 is 15.2 Å². The first-order chi connectivity index (χ1) is 9.49. The Morgan fingerprint density at radius 2 is 2.10 bits per heavy atom. The molecule has 0 atom stereocenters. The molecule has 0 heterocycles. The average Bonchev–Trinajstić information content (AvgIpc) is 2.42. The Hall–Kier alpha value is -1.36. The fourth-order valence-electron chi connectivity index (χ4n) is 1.35. The summed E-state index contributed by atoms with van der Waals surface area (Å²) >= 11 is 6.38. The quantitative estimate of drug-likeness (QED) is 0.449. The van der Waals surface area contributed by atoms with Crippen LogP contribution in [-0.4, -0.2) is 31.3 Å². The molecule has 0 fully saturated rings. The summed E-state index contributed by atoms with van der Waals surface area (Å²) in [6, 6.07) is 5.07. The first kappa shape index (κ1) is 16.7. The number of carbonyl (C=O) groups excluding carboxylic acids is 1. The number of aromatic hydroxyl groups is 1. The summed E-state index contributed by atoms with van der Waals surface area (Å²) in [4.78, 5) is 11.8. The smallest absolute Gasteiger partial charge is 0.262 e.